The summed E-state index contributed by atoms with van der Waals surface area (Å²) in [6.07, 6.45) is 11.0. The lowest BCUT2D eigenvalue weighted by molar-refractivity contribution is -0.642. The molecular weight excluding hydrogens is 300 g/mol. The number of aryl methyl sites for hydroxylation is 1. The lowest BCUT2D eigenvalue weighted by Crippen LogP contribution is -2.29. The molecule has 2 aliphatic carbocycles. The Kier molecular flexibility index (Phi) is 3.90. The molecule has 1 aromatic carbocycles. The number of hydrogen-bond acceptors (Lipinski definition) is 2. The maximum absolute atomic E-state index is 4.44. The van der Waals surface area contributed by atoms with Crippen LogP contribution in [0.4, 0.5) is 0 Å². The van der Waals surface area contributed by atoms with Crippen LogP contribution in [-0.2, 0) is 7.05 Å². The maximum atomic E-state index is 4.44. The second kappa shape index (κ2) is 6.04. The molecule has 0 N–H and O–H groups in total. The summed E-state index contributed by atoms with van der Waals surface area (Å²) in [5, 5.41) is 1.34. The predicted octanol–water partition coefficient (Wildman–Crippen LogP) is 4.70. The molecule has 0 aliphatic heterocycles. The van der Waals surface area contributed by atoms with Crippen LogP contribution in [0.2, 0.25) is 0 Å². The summed E-state index contributed by atoms with van der Waals surface area (Å²) in [5.41, 5.74) is 5.79. The quantitative estimate of drug-likeness (QED) is 0.676. The molecule has 1 aromatic heterocycles. The summed E-state index contributed by atoms with van der Waals surface area (Å²) >= 11 is 1.89. The summed E-state index contributed by atoms with van der Waals surface area (Å²) < 4.78 is 3.68. The lowest BCUT2D eigenvalue weighted by atomic mass is 9.75. The molecule has 118 valence electrons. The van der Waals surface area contributed by atoms with Crippen molar-refractivity contribution in [1.82, 2.24) is 0 Å². The second-order valence-electron chi connectivity index (χ2n) is 6.65. The molecule has 1 saturated carbocycles. The van der Waals surface area contributed by atoms with Crippen LogP contribution in [-0.4, -0.2) is 12.8 Å². The van der Waals surface area contributed by atoms with Crippen molar-refractivity contribution in [3.8, 4) is 0 Å². The molecule has 1 fully saturated rings. The molecule has 2 aliphatic rings. The Labute approximate surface area is 141 Å². The highest BCUT2D eigenvalue weighted by atomic mass is 32.1. The van der Waals surface area contributed by atoms with E-state index in [2.05, 4.69) is 53.0 Å². The molecule has 1 heterocycles. The summed E-state index contributed by atoms with van der Waals surface area (Å²) in [5.74, 6) is 0.800. The minimum atomic E-state index is 0.800. The first-order chi connectivity index (χ1) is 11.2. The van der Waals surface area contributed by atoms with E-state index in [1.807, 2.05) is 18.4 Å². The van der Waals surface area contributed by atoms with Crippen LogP contribution in [0.3, 0.4) is 0 Å². The smallest absolute Gasteiger partial charge is 0.262 e. The molecule has 0 amide bonds. The number of benzene rings is 1. The van der Waals surface area contributed by atoms with Gasteiger partial charge in [0.25, 0.3) is 5.01 Å². The first-order valence-corrected chi connectivity index (χ1v) is 9.29. The van der Waals surface area contributed by atoms with Gasteiger partial charge in [0.15, 0.2) is 0 Å². The highest BCUT2D eigenvalue weighted by Crippen LogP contribution is 2.38. The van der Waals surface area contributed by atoms with E-state index in [1.165, 1.54) is 52.2 Å². The van der Waals surface area contributed by atoms with Crippen molar-refractivity contribution >= 4 is 33.3 Å². The molecule has 0 saturated heterocycles. The van der Waals surface area contributed by atoms with Crippen molar-refractivity contribution in [1.29, 1.82) is 0 Å². The first kappa shape index (κ1) is 14.8. The average Bonchev–Trinajstić information content (AvgIpc) is 2.90. The van der Waals surface area contributed by atoms with Crippen LogP contribution < -0.4 is 4.57 Å². The SMILES string of the molecule is CN=C1CCC2CCC(=Cc3sc4ccccc4[n+]3C)C=C2C1. The maximum Gasteiger partial charge on any atom is 0.262 e. The number of para-hydroxylation sites is 1. The third kappa shape index (κ3) is 2.78. The van der Waals surface area contributed by atoms with Gasteiger partial charge in [-0.15, -0.1) is 0 Å². The van der Waals surface area contributed by atoms with Gasteiger partial charge in [-0.25, -0.2) is 0 Å². The van der Waals surface area contributed by atoms with E-state index >= 15 is 0 Å². The van der Waals surface area contributed by atoms with Gasteiger partial charge in [-0.1, -0.05) is 35.1 Å². The van der Waals surface area contributed by atoms with Gasteiger partial charge < -0.3 is 0 Å². The highest BCUT2D eigenvalue weighted by molar-refractivity contribution is 7.18. The fourth-order valence-corrected chi connectivity index (χ4v) is 4.98. The fraction of sp³-hybridized carbons (Fsp3) is 0.400. The Bertz CT molecular complexity index is 838. The zero-order chi connectivity index (χ0) is 15.8. The van der Waals surface area contributed by atoms with Crippen molar-refractivity contribution in [2.75, 3.05) is 7.05 Å². The zero-order valence-corrected chi connectivity index (χ0v) is 14.7. The fourth-order valence-electron chi connectivity index (χ4n) is 3.85. The van der Waals surface area contributed by atoms with Crippen molar-refractivity contribution in [3.05, 3.63) is 46.5 Å². The third-order valence-corrected chi connectivity index (χ3v) is 6.43. The molecule has 0 radical (unpaired) electrons. The molecule has 3 heteroatoms. The molecule has 0 spiro atoms. The molecule has 2 nitrogen and oxygen atoms in total. The van der Waals surface area contributed by atoms with Crippen molar-refractivity contribution < 1.29 is 4.57 Å². The predicted molar refractivity (Wildman–Crippen MR) is 99.0 cm³/mol. The molecule has 23 heavy (non-hydrogen) atoms. The Hall–Kier alpha value is -1.74. The van der Waals surface area contributed by atoms with Crippen molar-refractivity contribution in [2.24, 2.45) is 18.0 Å². The van der Waals surface area contributed by atoms with Crippen LogP contribution in [0.15, 0.2) is 46.5 Å². The highest BCUT2D eigenvalue weighted by Gasteiger charge is 2.26. The molecule has 1 unspecified atom stereocenters. The van der Waals surface area contributed by atoms with Gasteiger partial charge in [0.05, 0.1) is 0 Å². The van der Waals surface area contributed by atoms with Gasteiger partial charge in [-0.2, -0.15) is 4.57 Å². The van der Waals surface area contributed by atoms with E-state index < -0.39 is 0 Å². The Morgan fingerprint density at radius 2 is 2.04 bits per heavy atom. The zero-order valence-electron chi connectivity index (χ0n) is 13.9. The number of rotatable bonds is 1. The summed E-state index contributed by atoms with van der Waals surface area (Å²) in [6.45, 7) is 0. The largest absolute Gasteiger partial charge is 0.297 e. The van der Waals surface area contributed by atoms with E-state index in [0.717, 1.165) is 12.3 Å². The lowest BCUT2D eigenvalue weighted by Gasteiger charge is -2.30. The number of nitrogens with zero attached hydrogens (tertiary/aromatic N) is 2. The van der Waals surface area contributed by atoms with Gasteiger partial charge in [-0.3, -0.25) is 4.99 Å². The van der Waals surface area contributed by atoms with E-state index in [4.69, 9.17) is 0 Å². The average molecular weight is 323 g/mol. The summed E-state index contributed by atoms with van der Waals surface area (Å²) in [7, 11) is 4.11. The van der Waals surface area contributed by atoms with Gasteiger partial charge >= 0.3 is 0 Å². The topological polar surface area (TPSA) is 16.2 Å². The number of hydrogen-bond donors (Lipinski definition) is 0. The number of aliphatic imine (C=N–C) groups is 1. The minimum Gasteiger partial charge on any atom is -0.297 e. The van der Waals surface area contributed by atoms with Crippen molar-refractivity contribution in [3.63, 3.8) is 0 Å². The Balaban J connectivity index is 1.69. The number of aromatic nitrogens is 1. The van der Waals surface area contributed by atoms with Crippen LogP contribution >= 0.6 is 11.3 Å². The summed E-state index contributed by atoms with van der Waals surface area (Å²) in [4.78, 5) is 4.44. The third-order valence-electron chi connectivity index (χ3n) is 5.26. The standard InChI is InChI=1S/C20H23N2S/c1-21-17-10-9-15-8-7-14(11-16(15)13-17)12-20-22(2)18-5-3-4-6-19(18)23-20/h3-6,11-12,15H,7-10,13H2,1-2H3/q+1. The van der Waals surface area contributed by atoms with E-state index in [0.29, 0.717) is 0 Å². The molecule has 4 rings (SSSR count). The van der Waals surface area contributed by atoms with Gasteiger partial charge in [-0.05, 0) is 43.2 Å². The number of thiazole rings is 1. The monoisotopic (exact) mass is 323 g/mol. The van der Waals surface area contributed by atoms with E-state index in [-0.39, 0.29) is 0 Å². The Morgan fingerprint density at radius 1 is 1.22 bits per heavy atom. The van der Waals surface area contributed by atoms with E-state index in [1.54, 1.807) is 5.57 Å². The Morgan fingerprint density at radius 3 is 2.87 bits per heavy atom. The first-order valence-electron chi connectivity index (χ1n) is 8.47. The van der Waals surface area contributed by atoms with Crippen LogP contribution in [0, 0.1) is 5.92 Å². The van der Waals surface area contributed by atoms with Crippen LogP contribution in [0.1, 0.15) is 37.1 Å². The summed E-state index contributed by atoms with van der Waals surface area (Å²) in [6, 6.07) is 8.65. The molecule has 2 aromatic rings. The molecule has 1 atom stereocenters. The van der Waals surface area contributed by atoms with Crippen molar-refractivity contribution in [2.45, 2.75) is 32.1 Å². The van der Waals surface area contributed by atoms with E-state index in [9.17, 15) is 0 Å². The van der Waals surface area contributed by atoms with Crippen LogP contribution in [0.25, 0.3) is 16.3 Å². The number of fused-ring (bicyclic) bond motifs is 2. The second-order valence-corrected chi connectivity index (χ2v) is 7.71. The van der Waals surface area contributed by atoms with Gasteiger partial charge in [0.2, 0.25) is 5.52 Å². The minimum absolute atomic E-state index is 0.800. The van der Waals surface area contributed by atoms with Gasteiger partial charge in [0, 0.05) is 31.3 Å². The van der Waals surface area contributed by atoms with Crippen LogP contribution in [0.5, 0.6) is 0 Å². The number of allylic oxidation sites excluding steroid dienone is 3. The normalized spacial score (nSPS) is 25.0. The molecule has 0 bridgehead atoms. The molecular formula is C20H23N2S+. The van der Waals surface area contributed by atoms with Gasteiger partial charge in [0.1, 0.15) is 11.7 Å².